The summed E-state index contributed by atoms with van der Waals surface area (Å²) < 4.78 is 10.4. The Hall–Kier alpha value is -2.40. The van der Waals surface area contributed by atoms with Crippen molar-refractivity contribution in [2.75, 3.05) is 0 Å². The van der Waals surface area contributed by atoms with Gasteiger partial charge in [-0.1, -0.05) is 0 Å². The van der Waals surface area contributed by atoms with Gasteiger partial charge < -0.3 is 0 Å². The summed E-state index contributed by atoms with van der Waals surface area (Å²) in [7, 11) is 0. The van der Waals surface area contributed by atoms with Gasteiger partial charge in [0.2, 0.25) is 0 Å². The molecule has 0 spiro atoms. The van der Waals surface area contributed by atoms with Gasteiger partial charge in [-0.15, -0.1) is 0 Å². The van der Waals surface area contributed by atoms with Crippen LogP contribution in [0.15, 0.2) is 121 Å². The van der Waals surface area contributed by atoms with Crippen molar-refractivity contribution in [3.05, 3.63) is 127 Å². The van der Waals surface area contributed by atoms with Crippen LogP contribution in [-0.2, 0) is 13.7 Å². The van der Waals surface area contributed by atoms with Crippen LogP contribution in [-0.4, -0.2) is 18.8 Å². The summed E-state index contributed by atoms with van der Waals surface area (Å²) in [6.45, 7) is 4.11. The van der Waals surface area contributed by atoms with E-state index >= 15 is 0 Å². The SMILES string of the molecule is CC(C)(O[O][Sn]([c]1ccccc1)([c]1ccccc1)[c]1ccccc1)c1ccccc1. The van der Waals surface area contributed by atoms with Crippen LogP contribution in [0.5, 0.6) is 0 Å². The Bertz CT molecular complexity index is 952. The number of rotatable bonds is 7. The van der Waals surface area contributed by atoms with Gasteiger partial charge in [-0.2, -0.15) is 0 Å². The van der Waals surface area contributed by atoms with E-state index in [9.17, 15) is 0 Å². The maximum absolute atomic E-state index is 6.72. The number of benzene rings is 4. The molecule has 0 saturated carbocycles. The molecule has 0 fully saturated rings. The summed E-state index contributed by atoms with van der Waals surface area (Å²) in [6, 6.07) is 41.9. The molecule has 150 valence electrons. The molecule has 0 N–H and O–H groups in total. The van der Waals surface area contributed by atoms with Crippen molar-refractivity contribution in [1.29, 1.82) is 0 Å². The van der Waals surface area contributed by atoms with Gasteiger partial charge in [0.1, 0.15) is 0 Å². The standard InChI is InChI=1S/C9H12O2.3C6H5.Sn/c1-9(2,11-10)8-6-4-3-5-7-8;3*1-2-4-6-5-3-1;/h3-7,10H,1-2H3;3*1-5H;/q;;;;+1/p-1. The first-order chi connectivity index (χ1) is 14.6. The fourth-order valence-electron chi connectivity index (χ4n) is 3.72. The average molecular weight is 501 g/mol. The molecule has 0 unspecified atom stereocenters. The Labute approximate surface area is 183 Å². The van der Waals surface area contributed by atoms with Crippen LogP contribution in [0, 0.1) is 0 Å². The van der Waals surface area contributed by atoms with Crippen molar-refractivity contribution in [3.8, 4) is 0 Å². The van der Waals surface area contributed by atoms with Gasteiger partial charge in [-0.25, -0.2) is 0 Å². The second kappa shape index (κ2) is 9.17. The molecule has 4 rings (SSSR count). The summed E-state index contributed by atoms with van der Waals surface area (Å²) in [4.78, 5) is 6.34. The molecule has 0 heterocycles. The third kappa shape index (κ3) is 4.22. The van der Waals surface area contributed by atoms with Crippen LogP contribution < -0.4 is 10.7 Å². The maximum atomic E-state index is 6.72. The van der Waals surface area contributed by atoms with Gasteiger partial charge in [-0.3, -0.25) is 0 Å². The van der Waals surface area contributed by atoms with E-state index in [2.05, 4.69) is 98.8 Å². The Morgan fingerprint density at radius 2 is 0.833 bits per heavy atom. The Kier molecular flexibility index (Phi) is 6.37. The van der Waals surface area contributed by atoms with Gasteiger partial charge in [-0.05, 0) is 0 Å². The normalized spacial score (nSPS) is 11.9. The summed E-state index contributed by atoms with van der Waals surface area (Å²) in [5, 5.41) is 0. The van der Waals surface area contributed by atoms with E-state index in [1.165, 1.54) is 10.7 Å². The minimum absolute atomic E-state index is 0.582. The molecule has 0 atom stereocenters. The Balaban J connectivity index is 1.85. The van der Waals surface area contributed by atoms with Crippen LogP contribution in [0.3, 0.4) is 0 Å². The third-order valence-electron chi connectivity index (χ3n) is 5.38. The van der Waals surface area contributed by atoms with Crippen molar-refractivity contribution in [2.24, 2.45) is 0 Å². The van der Waals surface area contributed by atoms with Crippen LogP contribution in [0.25, 0.3) is 0 Å². The van der Waals surface area contributed by atoms with E-state index in [-0.39, 0.29) is 0 Å². The molecular formula is C27H26O2Sn. The van der Waals surface area contributed by atoms with Crippen molar-refractivity contribution in [3.63, 3.8) is 0 Å². The van der Waals surface area contributed by atoms with Crippen LogP contribution in [0.4, 0.5) is 0 Å². The predicted molar refractivity (Wildman–Crippen MR) is 126 cm³/mol. The van der Waals surface area contributed by atoms with Crippen LogP contribution in [0.2, 0.25) is 0 Å². The minimum atomic E-state index is -3.90. The zero-order valence-electron chi connectivity index (χ0n) is 17.4. The molecule has 0 aliphatic heterocycles. The van der Waals surface area contributed by atoms with Crippen molar-refractivity contribution in [2.45, 2.75) is 19.4 Å². The fraction of sp³-hybridized carbons (Fsp3) is 0.111. The molecular weight excluding hydrogens is 475 g/mol. The number of hydrogen-bond donors (Lipinski definition) is 0. The molecule has 0 aromatic heterocycles. The van der Waals surface area contributed by atoms with Gasteiger partial charge in [0, 0.05) is 0 Å². The van der Waals surface area contributed by atoms with E-state index in [1.807, 2.05) is 36.4 Å². The van der Waals surface area contributed by atoms with E-state index in [4.69, 9.17) is 8.11 Å². The fourth-order valence-corrected chi connectivity index (χ4v) is 14.0. The molecule has 0 amide bonds. The second-order valence-corrected chi connectivity index (χ2v) is 17.1. The Morgan fingerprint density at radius 1 is 0.500 bits per heavy atom. The summed E-state index contributed by atoms with van der Waals surface area (Å²) in [5.41, 5.74) is 0.501. The predicted octanol–water partition coefficient (Wildman–Crippen LogP) is 4.54. The monoisotopic (exact) mass is 502 g/mol. The van der Waals surface area contributed by atoms with Gasteiger partial charge in [0.05, 0.1) is 0 Å². The van der Waals surface area contributed by atoms with Gasteiger partial charge in [0.25, 0.3) is 0 Å². The molecule has 30 heavy (non-hydrogen) atoms. The molecule has 0 bridgehead atoms. The third-order valence-corrected chi connectivity index (χ3v) is 16.2. The van der Waals surface area contributed by atoms with E-state index in [1.54, 1.807) is 0 Å². The van der Waals surface area contributed by atoms with E-state index < -0.39 is 24.4 Å². The quantitative estimate of drug-likeness (QED) is 0.211. The van der Waals surface area contributed by atoms with Gasteiger partial charge >= 0.3 is 184 Å². The molecule has 4 aromatic carbocycles. The summed E-state index contributed by atoms with van der Waals surface area (Å²) in [5.74, 6) is 0. The molecule has 4 aromatic rings. The summed E-state index contributed by atoms with van der Waals surface area (Å²) >= 11 is -3.90. The van der Waals surface area contributed by atoms with Gasteiger partial charge in [0.15, 0.2) is 0 Å². The zero-order valence-corrected chi connectivity index (χ0v) is 20.2. The molecule has 0 aliphatic carbocycles. The van der Waals surface area contributed by atoms with E-state index in [0.29, 0.717) is 0 Å². The van der Waals surface area contributed by atoms with Crippen molar-refractivity contribution in [1.82, 2.24) is 0 Å². The molecule has 2 nitrogen and oxygen atoms in total. The van der Waals surface area contributed by atoms with Crippen LogP contribution in [0.1, 0.15) is 19.4 Å². The summed E-state index contributed by atoms with van der Waals surface area (Å²) in [6.07, 6.45) is 0. The first-order valence-electron chi connectivity index (χ1n) is 10.2. The van der Waals surface area contributed by atoms with Crippen LogP contribution >= 0.6 is 0 Å². The first kappa shape index (κ1) is 20.9. The topological polar surface area (TPSA) is 18.5 Å². The zero-order chi connectivity index (χ0) is 20.9. The van der Waals surface area contributed by atoms with E-state index in [0.717, 1.165) is 5.56 Å². The first-order valence-corrected chi connectivity index (χ1v) is 15.7. The average Bonchev–Trinajstić information content (AvgIpc) is 2.82. The molecule has 0 aliphatic rings. The van der Waals surface area contributed by atoms with Crippen molar-refractivity contribution >= 4 is 29.5 Å². The Morgan fingerprint density at radius 3 is 1.20 bits per heavy atom. The molecule has 0 saturated heterocycles. The number of hydrogen-bond acceptors (Lipinski definition) is 2. The second-order valence-electron chi connectivity index (χ2n) is 7.82. The molecule has 0 radical (unpaired) electrons. The van der Waals surface area contributed by atoms with Crippen molar-refractivity contribution < 1.29 is 8.11 Å². The molecule has 3 heteroatoms.